The Hall–Kier alpha value is -1.64. The van der Waals surface area contributed by atoms with Crippen molar-refractivity contribution in [2.45, 2.75) is 13.8 Å². The van der Waals surface area contributed by atoms with Crippen LogP contribution in [-0.2, 0) is 0 Å². The standard InChI is InChI=1S/C18H14S2/c1-5-12-15-9(2)19-10(3)17(15)13-7-6-8-14-18(13)16(12)11(4)20-14/h5-8H,1-2H2,3-4H3. The first-order chi connectivity index (χ1) is 9.63. The van der Waals surface area contributed by atoms with Crippen LogP contribution in [0.4, 0.5) is 0 Å². The lowest BCUT2D eigenvalue weighted by Crippen LogP contribution is -1.92. The van der Waals surface area contributed by atoms with Gasteiger partial charge in [-0.25, -0.2) is 0 Å². The molecule has 0 saturated heterocycles. The van der Waals surface area contributed by atoms with Gasteiger partial charge < -0.3 is 0 Å². The zero-order valence-electron chi connectivity index (χ0n) is 11.5. The summed E-state index contributed by atoms with van der Waals surface area (Å²) >= 11 is 3.67. The monoisotopic (exact) mass is 294 g/mol. The summed E-state index contributed by atoms with van der Waals surface area (Å²) < 4.78 is 2.52. The first-order valence-corrected chi connectivity index (χ1v) is 8.24. The lowest BCUT2D eigenvalue weighted by atomic mass is 9.94. The maximum Gasteiger partial charge on any atom is 0.0358 e. The zero-order valence-corrected chi connectivity index (χ0v) is 13.2. The fourth-order valence-electron chi connectivity index (χ4n) is 3.34. The van der Waals surface area contributed by atoms with Crippen LogP contribution in [-0.4, -0.2) is 0 Å². The summed E-state index contributed by atoms with van der Waals surface area (Å²) in [5.41, 5.74) is 1.26. The number of hydrogen-bond donors (Lipinski definition) is 0. The number of hydrogen-bond acceptors (Lipinski definition) is 2. The van der Waals surface area contributed by atoms with Gasteiger partial charge in [0.05, 0.1) is 0 Å². The van der Waals surface area contributed by atoms with Crippen molar-refractivity contribution >= 4 is 67.0 Å². The predicted molar refractivity (Wildman–Crippen MR) is 95.0 cm³/mol. The van der Waals surface area contributed by atoms with Gasteiger partial charge in [-0.3, -0.25) is 0 Å². The SMILES string of the molecule is C=Cc1c2c(C)sc3cccc(c4c(C)sc(=C)c14)c32. The van der Waals surface area contributed by atoms with Crippen LogP contribution in [0.3, 0.4) is 0 Å². The summed E-state index contributed by atoms with van der Waals surface area (Å²) in [6, 6.07) is 6.63. The van der Waals surface area contributed by atoms with E-state index in [1.165, 1.54) is 46.9 Å². The minimum Gasteiger partial charge on any atom is -0.141 e. The summed E-state index contributed by atoms with van der Waals surface area (Å²) in [6.07, 6.45) is 2.00. The van der Waals surface area contributed by atoms with Crippen molar-refractivity contribution in [3.8, 4) is 0 Å². The Balaban J connectivity index is 2.55. The van der Waals surface area contributed by atoms with E-state index in [9.17, 15) is 0 Å². The van der Waals surface area contributed by atoms with E-state index < -0.39 is 0 Å². The van der Waals surface area contributed by atoms with Crippen molar-refractivity contribution in [2.24, 2.45) is 0 Å². The molecule has 0 saturated carbocycles. The largest absolute Gasteiger partial charge is 0.141 e. The number of aryl methyl sites for hydroxylation is 2. The molecule has 0 nitrogen and oxygen atoms in total. The van der Waals surface area contributed by atoms with Gasteiger partial charge in [0.2, 0.25) is 0 Å². The van der Waals surface area contributed by atoms with Crippen LogP contribution < -0.4 is 4.53 Å². The summed E-state index contributed by atoms with van der Waals surface area (Å²) in [7, 11) is 0. The molecule has 2 aromatic carbocycles. The average molecular weight is 294 g/mol. The van der Waals surface area contributed by atoms with E-state index in [0.29, 0.717) is 0 Å². The van der Waals surface area contributed by atoms with Gasteiger partial charge in [-0.15, -0.1) is 22.7 Å². The molecule has 98 valence electrons. The lowest BCUT2D eigenvalue weighted by molar-refractivity contribution is 1.68. The molecule has 4 rings (SSSR count). The van der Waals surface area contributed by atoms with Crippen molar-refractivity contribution in [1.82, 2.24) is 0 Å². The van der Waals surface area contributed by atoms with E-state index in [0.717, 1.165) is 4.53 Å². The molecular weight excluding hydrogens is 280 g/mol. The summed E-state index contributed by atoms with van der Waals surface area (Å²) in [5, 5.41) is 6.80. The molecule has 0 radical (unpaired) electrons. The number of fused-ring (bicyclic) bond motifs is 2. The van der Waals surface area contributed by atoms with Gasteiger partial charge in [0.25, 0.3) is 0 Å². The Labute approximate surface area is 125 Å². The molecule has 0 bridgehead atoms. The first kappa shape index (κ1) is 12.1. The third-order valence-electron chi connectivity index (χ3n) is 4.06. The Kier molecular flexibility index (Phi) is 2.39. The molecule has 0 atom stereocenters. The van der Waals surface area contributed by atoms with Crippen molar-refractivity contribution in [2.75, 3.05) is 0 Å². The first-order valence-electron chi connectivity index (χ1n) is 6.61. The van der Waals surface area contributed by atoms with Gasteiger partial charge >= 0.3 is 0 Å². The van der Waals surface area contributed by atoms with E-state index >= 15 is 0 Å². The van der Waals surface area contributed by atoms with E-state index in [1.54, 1.807) is 11.3 Å². The Morgan fingerprint density at radius 3 is 2.45 bits per heavy atom. The Bertz CT molecular complexity index is 1040. The van der Waals surface area contributed by atoms with Crippen LogP contribution in [0, 0.1) is 13.8 Å². The Morgan fingerprint density at radius 2 is 1.70 bits per heavy atom. The molecule has 2 aromatic heterocycles. The quantitative estimate of drug-likeness (QED) is 0.425. The van der Waals surface area contributed by atoms with Crippen molar-refractivity contribution in [1.29, 1.82) is 0 Å². The van der Waals surface area contributed by atoms with Gasteiger partial charge in [-0.2, -0.15) is 0 Å². The van der Waals surface area contributed by atoms with Crippen molar-refractivity contribution in [3.63, 3.8) is 0 Å². The molecule has 0 aliphatic heterocycles. The second kappa shape index (κ2) is 3.94. The minimum absolute atomic E-state index is 1.15. The molecule has 0 unspecified atom stereocenters. The summed E-state index contributed by atoms with van der Waals surface area (Å²) in [6.45, 7) is 12.7. The van der Waals surface area contributed by atoms with Crippen LogP contribution >= 0.6 is 22.7 Å². The molecule has 0 aliphatic carbocycles. The highest BCUT2D eigenvalue weighted by Gasteiger charge is 2.18. The lowest BCUT2D eigenvalue weighted by Gasteiger charge is -2.07. The zero-order chi connectivity index (χ0) is 14.0. The van der Waals surface area contributed by atoms with Gasteiger partial charge in [-0.1, -0.05) is 31.4 Å². The molecule has 0 aliphatic rings. The van der Waals surface area contributed by atoms with Crippen LogP contribution in [0.25, 0.3) is 44.3 Å². The molecule has 0 N–H and O–H groups in total. The molecule has 2 heteroatoms. The third kappa shape index (κ3) is 1.31. The molecule has 2 heterocycles. The molecule has 0 amide bonds. The number of thiophene rings is 2. The highest BCUT2D eigenvalue weighted by atomic mass is 32.1. The van der Waals surface area contributed by atoms with Crippen LogP contribution in [0.2, 0.25) is 0 Å². The molecule has 0 spiro atoms. The summed E-state index contributed by atoms with van der Waals surface area (Å²) in [5.74, 6) is 0. The molecule has 0 fully saturated rings. The van der Waals surface area contributed by atoms with E-state index in [-0.39, 0.29) is 0 Å². The van der Waals surface area contributed by atoms with E-state index in [4.69, 9.17) is 0 Å². The van der Waals surface area contributed by atoms with Crippen molar-refractivity contribution in [3.05, 3.63) is 44.6 Å². The average Bonchev–Trinajstić information content (AvgIpc) is 2.91. The normalized spacial score (nSPS) is 11.9. The number of rotatable bonds is 1. The fourth-order valence-corrected chi connectivity index (χ4v) is 5.44. The third-order valence-corrected chi connectivity index (χ3v) is 6.09. The van der Waals surface area contributed by atoms with E-state index in [2.05, 4.69) is 45.2 Å². The minimum atomic E-state index is 1.15. The van der Waals surface area contributed by atoms with Gasteiger partial charge in [0.1, 0.15) is 0 Å². The molecule has 20 heavy (non-hydrogen) atoms. The van der Waals surface area contributed by atoms with Gasteiger partial charge in [-0.05, 0) is 30.9 Å². The van der Waals surface area contributed by atoms with Crippen LogP contribution in [0.5, 0.6) is 0 Å². The van der Waals surface area contributed by atoms with Gasteiger partial charge in [0, 0.05) is 40.5 Å². The number of benzene rings is 2. The highest BCUT2D eigenvalue weighted by Crippen LogP contribution is 2.43. The topological polar surface area (TPSA) is 0 Å². The summed E-state index contributed by atoms with van der Waals surface area (Å²) in [4.78, 5) is 2.72. The van der Waals surface area contributed by atoms with E-state index in [1.807, 2.05) is 17.4 Å². The predicted octanol–water partition coefficient (Wildman–Crippen LogP) is 5.66. The Morgan fingerprint density at radius 1 is 0.950 bits per heavy atom. The fraction of sp³-hybridized carbons (Fsp3) is 0.111. The maximum atomic E-state index is 4.26. The van der Waals surface area contributed by atoms with Crippen LogP contribution in [0.15, 0.2) is 24.8 Å². The van der Waals surface area contributed by atoms with Gasteiger partial charge in [0.15, 0.2) is 0 Å². The smallest absolute Gasteiger partial charge is 0.0358 e. The highest BCUT2D eigenvalue weighted by molar-refractivity contribution is 7.20. The second-order valence-electron chi connectivity index (χ2n) is 5.16. The van der Waals surface area contributed by atoms with Crippen molar-refractivity contribution < 1.29 is 0 Å². The second-order valence-corrected chi connectivity index (χ2v) is 7.73. The van der Waals surface area contributed by atoms with Crippen LogP contribution in [0.1, 0.15) is 15.3 Å². The molecular formula is C18H14S2. The maximum absolute atomic E-state index is 4.26. The molecule has 4 aromatic rings.